The fourth-order valence-electron chi connectivity index (χ4n) is 2.74. The number of aryl methyl sites for hydroxylation is 1. The van der Waals surface area contributed by atoms with Crippen LogP contribution in [0.4, 0.5) is 0 Å². The molecular weight excluding hydrogens is 406 g/mol. The molecule has 1 atom stereocenters. The molecule has 0 aliphatic heterocycles. The van der Waals surface area contributed by atoms with Crippen LogP contribution in [0.3, 0.4) is 0 Å². The molecule has 1 unspecified atom stereocenters. The Balaban J connectivity index is 1.70. The predicted molar refractivity (Wildman–Crippen MR) is 116 cm³/mol. The van der Waals surface area contributed by atoms with Gasteiger partial charge in [-0.05, 0) is 73.5 Å². The average molecular weight is 430 g/mol. The van der Waals surface area contributed by atoms with Gasteiger partial charge in [0, 0.05) is 23.0 Å². The van der Waals surface area contributed by atoms with Gasteiger partial charge in [-0.3, -0.25) is 9.36 Å². The van der Waals surface area contributed by atoms with Crippen molar-refractivity contribution in [2.45, 2.75) is 26.1 Å². The van der Waals surface area contributed by atoms with Gasteiger partial charge in [0.1, 0.15) is 30.3 Å². The first kappa shape index (κ1) is 21.9. The maximum atomic E-state index is 12.6. The molecule has 0 saturated heterocycles. The van der Waals surface area contributed by atoms with Crippen LogP contribution in [0.2, 0.25) is 5.02 Å². The summed E-state index contributed by atoms with van der Waals surface area (Å²) in [5.74, 6) is 1.25. The quantitative estimate of drug-likeness (QED) is 0.572. The van der Waals surface area contributed by atoms with E-state index in [0.717, 1.165) is 11.1 Å². The molecule has 1 heterocycles. The highest BCUT2D eigenvalue weighted by Gasteiger charge is 2.20. The first-order valence-corrected chi connectivity index (χ1v) is 9.82. The van der Waals surface area contributed by atoms with Crippen molar-refractivity contribution in [2.24, 2.45) is 0 Å². The molecule has 6 nitrogen and oxygen atoms in total. The highest BCUT2D eigenvalue weighted by atomic mass is 35.5. The summed E-state index contributed by atoms with van der Waals surface area (Å²) in [7, 11) is 0. The van der Waals surface area contributed by atoms with E-state index < -0.39 is 12.2 Å². The summed E-state index contributed by atoms with van der Waals surface area (Å²) >= 11 is 5.86. The van der Waals surface area contributed by atoms with Crippen LogP contribution < -0.4 is 15.0 Å². The highest BCUT2D eigenvalue weighted by Crippen LogP contribution is 2.22. The van der Waals surface area contributed by atoms with Gasteiger partial charge in [-0.25, -0.2) is 0 Å². The standard InChI is InChI=1S/C23H24ClNO5/c1-16-11-19(5-8-21(16)30-15-23(2,28)14-26)25-10-9-17(12-22(25)27)13-29-20-6-3-18(24)4-7-20/h3-12,26,28H,13-15H2,1-2H3. The summed E-state index contributed by atoms with van der Waals surface area (Å²) in [6.07, 6.45) is 1.70. The van der Waals surface area contributed by atoms with E-state index >= 15 is 0 Å². The lowest BCUT2D eigenvalue weighted by Gasteiger charge is -2.21. The second-order valence-corrected chi connectivity index (χ2v) is 7.82. The van der Waals surface area contributed by atoms with E-state index in [-0.39, 0.29) is 18.8 Å². The maximum absolute atomic E-state index is 12.6. The monoisotopic (exact) mass is 429 g/mol. The van der Waals surface area contributed by atoms with Crippen molar-refractivity contribution in [1.82, 2.24) is 4.57 Å². The first-order valence-electron chi connectivity index (χ1n) is 9.44. The summed E-state index contributed by atoms with van der Waals surface area (Å²) in [5.41, 5.74) is 0.774. The van der Waals surface area contributed by atoms with Crippen LogP contribution in [0.15, 0.2) is 65.6 Å². The Morgan fingerprint density at radius 3 is 2.43 bits per heavy atom. The molecule has 3 aromatic rings. The van der Waals surface area contributed by atoms with E-state index in [1.54, 1.807) is 42.6 Å². The molecule has 0 fully saturated rings. The summed E-state index contributed by atoms with van der Waals surface area (Å²) in [6.45, 7) is 3.19. The summed E-state index contributed by atoms with van der Waals surface area (Å²) in [6, 6.07) is 15.7. The average Bonchev–Trinajstić information content (AvgIpc) is 2.72. The third-order valence-electron chi connectivity index (χ3n) is 4.52. The van der Waals surface area contributed by atoms with Gasteiger partial charge < -0.3 is 19.7 Å². The van der Waals surface area contributed by atoms with Crippen LogP contribution in [0.25, 0.3) is 5.69 Å². The van der Waals surface area contributed by atoms with Crippen molar-refractivity contribution in [2.75, 3.05) is 13.2 Å². The van der Waals surface area contributed by atoms with Crippen molar-refractivity contribution in [3.05, 3.63) is 87.3 Å². The molecule has 30 heavy (non-hydrogen) atoms. The molecular formula is C23H24ClNO5. The first-order chi connectivity index (χ1) is 14.3. The Morgan fingerprint density at radius 1 is 1.07 bits per heavy atom. The normalized spacial score (nSPS) is 13.0. The minimum atomic E-state index is -1.31. The predicted octanol–water partition coefficient (Wildman–Crippen LogP) is 3.50. The van der Waals surface area contributed by atoms with Gasteiger partial charge in [-0.15, -0.1) is 0 Å². The molecule has 0 bridgehead atoms. The van der Waals surface area contributed by atoms with Crippen molar-refractivity contribution in [1.29, 1.82) is 0 Å². The maximum Gasteiger partial charge on any atom is 0.255 e. The molecule has 3 rings (SSSR count). The number of halogens is 1. The zero-order chi connectivity index (χ0) is 21.7. The fourth-order valence-corrected chi connectivity index (χ4v) is 2.87. The second kappa shape index (κ2) is 9.34. The number of nitrogens with zero attached hydrogens (tertiary/aromatic N) is 1. The van der Waals surface area contributed by atoms with Crippen LogP contribution in [0, 0.1) is 6.92 Å². The Morgan fingerprint density at radius 2 is 1.80 bits per heavy atom. The molecule has 2 N–H and O–H groups in total. The van der Waals surface area contributed by atoms with Crippen molar-refractivity contribution >= 4 is 11.6 Å². The van der Waals surface area contributed by atoms with Crippen LogP contribution in [-0.4, -0.2) is 33.6 Å². The number of hydrogen-bond acceptors (Lipinski definition) is 5. The van der Waals surface area contributed by atoms with Gasteiger partial charge >= 0.3 is 0 Å². The Hall–Kier alpha value is -2.80. The van der Waals surface area contributed by atoms with Crippen molar-refractivity contribution < 1.29 is 19.7 Å². The number of aliphatic hydroxyl groups excluding tert-OH is 1. The number of pyridine rings is 1. The largest absolute Gasteiger partial charge is 0.490 e. The van der Waals surface area contributed by atoms with Crippen molar-refractivity contribution in [3.63, 3.8) is 0 Å². The van der Waals surface area contributed by atoms with E-state index in [2.05, 4.69) is 0 Å². The summed E-state index contributed by atoms with van der Waals surface area (Å²) in [4.78, 5) is 12.6. The zero-order valence-electron chi connectivity index (χ0n) is 16.8. The molecule has 0 radical (unpaired) electrons. The van der Waals surface area contributed by atoms with Crippen LogP contribution in [-0.2, 0) is 6.61 Å². The lowest BCUT2D eigenvalue weighted by Crippen LogP contribution is -2.36. The molecule has 0 saturated carbocycles. The molecule has 0 spiro atoms. The van der Waals surface area contributed by atoms with Gasteiger partial charge in [0.15, 0.2) is 0 Å². The van der Waals surface area contributed by atoms with E-state index in [1.165, 1.54) is 17.6 Å². The molecule has 0 amide bonds. The SMILES string of the molecule is Cc1cc(-n2ccc(COc3ccc(Cl)cc3)cc2=O)ccc1OCC(C)(O)CO. The minimum Gasteiger partial charge on any atom is -0.490 e. The number of hydrogen-bond donors (Lipinski definition) is 2. The van der Waals surface area contributed by atoms with Gasteiger partial charge in [0.05, 0.1) is 6.61 Å². The van der Waals surface area contributed by atoms with Crippen LogP contribution >= 0.6 is 11.6 Å². The van der Waals surface area contributed by atoms with Crippen molar-refractivity contribution in [3.8, 4) is 17.2 Å². The Bertz CT molecular complexity index is 1060. The smallest absolute Gasteiger partial charge is 0.255 e. The molecule has 0 aliphatic rings. The Labute approximate surface area is 179 Å². The van der Waals surface area contributed by atoms with Gasteiger partial charge in [-0.1, -0.05) is 11.6 Å². The number of aromatic nitrogens is 1. The fraction of sp³-hybridized carbons (Fsp3) is 0.261. The number of aliphatic hydroxyl groups is 2. The molecule has 2 aromatic carbocycles. The topological polar surface area (TPSA) is 80.9 Å². The minimum absolute atomic E-state index is 0.0358. The Kier molecular flexibility index (Phi) is 6.82. The van der Waals surface area contributed by atoms with Gasteiger partial charge in [-0.2, -0.15) is 0 Å². The van der Waals surface area contributed by atoms with E-state index in [0.29, 0.717) is 22.2 Å². The number of benzene rings is 2. The lowest BCUT2D eigenvalue weighted by molar-refractivity contribution is -0.0326. The third-order valence-corrected chi connectivity index (χ3v) is 4.77. The summed E-state index contributed by atoms with van der Waals surface area (Å²) < 4.78 is 12.8. The van der Waals surface area contributed by atoms with Crippen LogP contribution in [0.1, 0.15) is 18.1 Å². The van der Waals surface area contributed by atoms with E-state index in [9.17, 15) is 9.90 Å². The molecule has 7 heteroatoms. The van der Waals surface area contributed by atoms with E-state index in [1.807, 2.05) is 19.1 Å². The highest BCUT2D eigenvalue weighted by molar-refractivity contribution is 6.30. The van der Waals surface area contributed by atoms with Crippen LogP contribution in [0.5, 0.6) is 11.5 Å². The molecule has 0 aliphatic carbocycles. The van der Waals surface area contributed by atoms with E-state index in [4.69, 9.17) is 26.2 Å². The third kappa shape index (κ3) is 5.63. The van der Waals surface area contributed by atoms with Gasteiger partial charge in [0.25, 0.3) is 5.56 Å². The zero-order valence-corrected chi connectivity index (χ0v) is 17.6. The number of rotatable bonds is 8. The molecule has 1 aromatic heterocycles. The van der Waals surface area contributed by atoms with Gasteiger partial charge in [0.2, 0.25) is 0 Å². The summed E-state index contributed by atoms with van der Waals surface area (Å²) in [5, 5.41) is 19.6. The second-order valence-electron chi connectivity index (χ2n) is 7.38. The molecule has 158 valence electrons. The number of ether oxygens (including phenoxy) is 2. The lowest BCUT2D eigenvalue weighted by atomic mass is 10.1.